The molecule has 5 aromatic rings. The zero-order chi connectivity index (χ0) is 30.7. The number of hydrogen-bond acceptors (Lipinski definition) is 10. The molecule has 2 aromatic heterocycles. The highest BCUT2D eigenvalue weighted by Gasteiger charge is 2.46. The fourth-order valence-corrected chi connectivity index (χ4v) is 5.43. The highest BCUT2D eigenvalue weighted by molar-refractivity contribution is 5.49. The van der Waals surface area contributed by atoms with Crippen molar-refractivity contribution in [3.05, 3.63) is 131 Å². The number of methoxy groups -OCH3 is 2. The van der Waals surface area contributed by atoms with Crippen LogP contribution in [0, 0.1) is 0 Å². The second kappa shape index (κ2) is 12.4. The summed E-state index contributed by atoms with van der Waals surface area (Å²) in [5.74, 6) is 1.61. The Labute approximate surface area is 252 Å². The van der Waals surface area contributed by atoms with Gasteiger partial charge < -0.3 is 29.2 Å². The summed E-state index contributed by atoms with van der Waals surface area (Å²) in [6, 6.07) is 26.3. The molecule has 4 atom stereocenters. The summed E-state index contributed by atoms with van der Waals surface area (Å²) in [7, 11) is 3.20. The summed E-state index contributed by atoms with van der Waals surface area (Å²) < 4.78 is 26.2. The molecular formula is C32H31N5O7. The number of aliphatic hydroxyl groups excluding tert-OH is 2. The van der Waals surface area contributed by atoms with Crippen molar-refractivity contribution < 1.29 is 29.2 Å². The van der Waals surface area contributed by atoms with E-state index >= 15 is 0 Å². The van der Waals surface area contributed by atoms with E-state index in [1.165, 1.54) is 29.6 Å². The SMILES string of the molecule is COc1ccc(C(OC[C@H]2OC(n3ccc(-n4cncn4)nc3=O)[C@H](O)[C@@H]2O)(c2ccccc2)c2ccc(OC)cc2)cc1. The van der Waals surface area contributed by atoms with E-state index in [1.54, 1.807) is 14.2 Å². The number of benzene rings is 3. The van der Waals surface area contributed by atoms with Gasteiger partial charge in [0.1, 0.15) is 48.1 Å². The summed E-state index contributed by atoms with van der Waals surface area (Å²) >= 11 is 0. The minimum absolute atomic E-state index is 0.138. The maximum Gasteiger partial charge on any atom is 0.351 e. The normalized spacial score (nSPS) is 20.0. The zero-order valence-electron chi connectivity index (χ0n) is 24.0. The molecule has 3 heterocycles. The molecule has 1 fully saturated rings. The standard InChI is InChI=1S/C32H31N5O7/c1-41-24-12-8-22(9-13-24)32(21-6-4-3-5-7-21,23-10-14-25(42-2)15-11-23)43-18-26-28(38)29(39)30(44-26)36-17-16-27(35-31(36)40)37-20-33-19-34-37/h3-17,19-20,26,28-30,38-39H,18H2,1-2H3/t26-,28-,29-,30?/m1/s1. The molecule has 12 nitrogen and oxygen atoms in total. The van der Waals surface area contributed by atoms with E-state index in [2.05, 4.69) is 15.1 Å². The average Bonchev–Trinajstić information content (AvgIpc) is 3.71. The Hall–Kier alpha value is -4.88. The second-order valence-corrected chi connectivity index (χ2v) is 10.2. The summed E-state index contributed by atoms with van der Waals surface area (Å²) in [6.07, 6.45) is -0.803. The smallest absolute Gasteiger partial charge is 0.351 e. The van der Waals surface area contributed by atoms with Gasteiger partial charge in [0.25, 0.3) is 0 Å². The molecule has 0 bridgehead atoms. The lowest BCUT2D eigenvalue weighted by Gasteiger charge is -2.37. The molecular weight excluding hydrogens is 566 g/mol. The van der Waals surface area contributed by atoms with Gasteiger partial charge in [-0.05, 0) is 47.0 Å². The molecule has 6 rings (SSSR count). The van der Waals surface area contributed by atoms with Crippen LogP contribution in [-0.2, 0) is 15.1 Å². The molecule has 1 aliphatic rings. The van der Waals surface area contributed by atoms with Gasteiger partial charge in [-0.2, -0.15) is 10.1 Å². The Morgan fingerprint density at radius 3 is 2.00 bits per heavy atom. The van der Waals surface area contributed by atoms with E-state index in [9.17, 15) is 15.0 Å². The van der Waals surface area contributed by atoms with Crippen LogP contribution in [0.4, 0.5) is 0 Å². The topological polar surface area (TPSA) is 143 Å². The van der Waals surface area contributed by atoms with Crippen LogP contribution in [0.25, 0.3) is 5.82 Å². The lowest BCUT2D eigenvalue weighted by atomic mass is 9.80. The first kappa shape index (κ1) is 29.2. The van der Waals surface area contributed by atoms with Gasteiger partial charge in [0.2, 0.25) is 0 Å². The van der Waals surface area contributed by atoms with Gasteiger partial charge in [0.15, 0.2) is 12.0 Å². The highest BCUT2D eigenvalue weighted by Crippen LogP contribution is 2.42. The van der Waals surface area contributed by atoms with Crippen molar-refractivity contribution >= 4 is 0 Å². The molecule has 12 heteroatoms. The van der Waals surface area contributed by atoms with Gasteiger partial charge in [-0.15, -0.1) is 0 Å². The molecule has 0 spiro atoms. The van der Waals surface area contributed by atoms with Crippen LogP contribution in [0.1, 0.15) is 22.9 Å². The highest BCUT2D eigenvalue weighted by atomic mass is 16.6. The maximum absolute atomic E-state index is 12.9. The van der Waals surface area contributed by atoms with E-state index in [0.717, 1.165) is 21.3 Å². The monoisotopic (exact) mass is 597 g/mol. The molecule has 3 aromatic carbocycles. The first-order valence-electron chi connectivity index (χ1n) is 13.9. The molecule has 0 amide bonds. The lowest BCUT2D eigenvalue weighted by molar-refractivity contribution is -0.0958. The molecule has 2 N–H and O–H groups in total. The predicted octanol–water partition coefficient (Wildman–Crippen LogP) is 2.47. The Morgan fingerprint density at radius 2 is 1.45 bits per heavy atom. The van der Waals surface area contributed by atoms with Crippen LogP contribution in [0.15, 0.2) is 109 Å². The fourth-order valence-electron chi connectivity index (χ4n) is 5.43. The minimum Gasteiger partial charge on any atom is -0.497 e. The van der Waals surface area contributed by atoms with Crippen molar-refractivity contribution in [3.8, 4) is 17.3 Å². The van der Waals surface area contributed by atoms with Crippen molar-refractivity contribution in [2.45, 2.75) is 30.1 Å². The predicted molar refractivity (Wildman–Crippen MR) is 158 cm³/mol. The summed E-state index contributed by atoms with van der Waals surface area (Å²) in [5.41, 5.74) is 0.561. The van der Waals surface area contributed by atoms with Crippen molar-refractivity contribution in [1.29, 1.82) is 0 Å². The third-order valence-electron chi connectivity index (χ3n) is 7.72. The van der Waals surface area contributed by atoms with Gasteiger partial charge in [0.05, 0.1) is 20.8 Å². The summed E-state index contributed by atoms with van der Waals surface area (Å²) in [6.45, 7) is -0.138. The number of aliphatic hydroxyl groups is 2. The van der Waals surface area contributed by atoms with Crippen molar-refractivity contribution in [3.63, 3.8) is 0 Å². The third kappa shape index (κ3) is 5.35. The van der Waals surface area contributed by atoms with Gasteiger partial charge >= 0.3 is 5.69 Å². The maximum atomic E-state index is 12.9. The Kier molecular flexibility index (Phi) is 8.22. The summed E-state index contributed by atoms with van der Waals surface area (Å²) in [4.78, 5) is 20.8. The van der Waals surface area contributed by atoms with E-state index in [-0.39, 0.29) is 12.4 Å². The van der Waals surface area contributed by atoms with Crippen LogP contribution in [0.3, 0.4) is 0 Å². The molecule has 1 aliphatic heterocycles. The quantitative estimate of drug-likeness (QED) is 0.231. The van der Waals surface area contributed by atoms with Crippen molar-refractivity contribution in [2.24, 2.45) is 0 Å². The number of nitrogens with zero attached hydrogens (tertiary/aromatic N) is 5. The van der Waals surface area contributed by atoms with Crippen LogP contribution in [0.2, 0.25) is 0 Å². The van der Waals surface area contributed by atoms with Crippen molar-refractivity contribution in [1.82, 2.24) is 24.3 Å². The van der Waals surface area contributed by atoms with Crippen LogP contribution >= 0.6 is 0 Å². The first-order valence-corrected chi connectivity index (χ1v) is 13.9. The largest absolute Gasteiger partial charge is 0.497 e. The van der Waals surface area contributed by atoms with Crippen LogP contribution in [-0.4, -0.2) is 73.7 Å². The Bertz CT molecular complexity index is 1680. The van der Waals surface area contributed by atoms with Gasteiger partial charge in [0, 0.05) is 6.20 Å². The molecule has 226 valence electrons. The molecule has 1 unspecified atom stereocenters. The van der Waals surface area contributed by atoms with Crippen LogP contribution < -0.4 is 15.2 Å². The number of aromatic nitrogens is 5. The zero-order valence-corrected chi connectivity index (χ0v) is 24.0. The molecule has 0 radical (unpaired) electrons. The Morgan fingerprint density at radius 1 is 0.841 bits per heavy atom. The van der Waals surface area contributed by atoms with Gasteiger partial charge in [-0.25, -0.2) is 14.5 Å². The molecule has 1 saturated heterocycles. The fraction of sp³-hybridized carbons (Fsp3) is 0.250. The minimum atomic E-state index is -1.42. The van der Waals surface area contributed by atoms with E-state index < -0.39 is 35.8 Å². The van der Waals surface area contributed by atoms with Gasteiger partial charge in [-0.1, -0.05) is 54.6 Å². The molecule has 44 heavy (non-hydrogen) atoms. The molecule has 0 aliphatic carbocycles. The third-order valence-corrected chi connectivity index (χ3v) is 7.72. The van der Waals surface area contributed by atoms with E-state index in [0.29, 0.717) is 11.5 Å². The second-order valence-electron chi connectivity index (χ2n) is 10.2. The van der Waals surface area contributed by atoms with Crippen molar-refractivity contribution in [2.75, 3.05) is 20.8 Å². The average molecular weight is 598 g/mol. The summed E-state index contributed by atoms with van der Waals surface area (Å²) in [5, 5.41) is 26.0. The first-order chi connectivity index (χ1) is 21.4. The Balaban J connectivity index is 1.35. The van der Waals surface area contributed by atoms with Crippen LogP contribution in [0.5, 0.6) is 11.5 Å². The van der Waals surface area contributed by atoms with E-state index in [1.807, 2.05) is 78.9 Å². The number of ether oxygens (including phenoxy) is 4. The lowest BCUT2D eigenvalue weighted by Crippen LogP contribution is -2.39. The molecule has 0 saturated carbocycles. The van der Waals surface area contributed by atoms with E-state index in [4.69, 9.17) is 18.9 Å². The number of hydrogen-bond donors (Lipinski definition) is 2. The van der Waals surface area contributed by atoms with Gasteiger partial charge in [-0.3, -0.25) is 4.57 Å². The number of rotatable bonds is 10.